The molecule has 3 rings (SSSR count). The number of carbonyl (C=O) groups excluding carboxylic acids is 3. The van der Waals surface area contributed by atoms with Crippen molar-refractivity contribution in [1.82, 2.24) is 15.5 Å². The molecule has 2 aliphatic rings. The van der Waals surface area contributed by atoms with Crippen molar-refractivity contribution in [3.63, 3.8) is 0 Å². The maximum Gasteiger partial charge on any atom is 0.322 e. The summed E-state index contributed by atoms with van der Waals surface area (Å²) in [6, 6.07) is 4.51. The van der Waals surface area contributed by atoms with Crippen LogP contribution in [0.5, 0.6) is 5.75 Å². The highest BCUT2D eigenvalue weighted by atomic mass is 16.5. The Kier molecular flexibility index (Phi) is 8.41. The molecule has 1 atom stereocenters. The van der Waals surface area contributed by atoms with Crippen molar-refractivity contribution in [3.05, 3.63) is 54.1 Å². The van der Waals surface area contributed by atoms with Gasteiger partial charge in [-0.3, -0.25) is 14.9 Å². The predicted molar refractivity (Wildman–Crippen MR) is 116 cm³/mol. The van der Waals surface area contributed by atoms with E-state index in [0.717, 1.165) is 5.56 Å². The summed E-state index contributed by atoms with van der Waals surface area (Å²) in [5.74, 6) is 5.01. The zero-order valence-corrected chi connectivity index (χ0v) is 17.7. The maximum atomic E-state index is 12.7. The van der Waals surface area contributed by atoms with Gasteiger partial charge in [-0.1, -0.05) is 30.1 Å². The minimum Gasteiger partial charge on any atom is -0.481 e. The summed E-state index contributed by atoms with van der Waals surface area (Å²) in [6.07, 6.45) is 5.75. The number of nitrogens with zero attached hydrogens (tertiary/aromatic N) is 1. The van der Waals surface area contributed by atoms with Gasteiger partial charge in [0, 0.05) is 12.1 Å². The molecule has 1 aromatic rings. The van der Waals surface area contributed by atoms with E-state index in [-0.39, 0.29) is 32.1 Å². The van der Waals surface area contributed by atoms with Crippen molar-refractivity contribution >= 4 is 17.8 Å². The normalized spacial score (nSPS) is 19.1. The summed E-state index contributed by atoms with van der Waals surface area (Å²) in [4.78, 5) is 38.1. The average molecular weight is 425 g/mol. The molecule has 0 saturated carbocycles. The zero-order chi connectivity index (χ0) is 22.9. The lowest BCUT2D eigenvalue weighted by atomic mass is 9.94. The van der Waals surface area contributed by atoms with Crippen molar-refractivity contribution < 1.29 is 24.2 Å². The summed E-state index contributed by atoms with van der Waals surface area (Å²) in [5.41, 5.74) is 0.0869. The third-order valence-electron chi connectivity index (χ3n) is 4.77. The van der Waals surface area contributed by atoms with Crippen LogP contribution in [-0.2, 0) is 11.3 Å². The number of hydrogen-bond acceptors (Lipinski definition) is 5. The minimum absolute atomic E-state index is 0.0439. The van der Waals surface area contributed by atoms with Gasteiger partial charge in [0.1, 0.15) is 24.5 Å². The van der Waals surface area contributed by atoms with Crippen LogP contribution >= 0.6 is 0 Å². The number of fused-ring (bicyclic) bond motifs is 1. The molecule has 1 aromatic carbocycles. The fourth-order valence-corrected chi connectivity index (χ4v) is 3.22. The first-order valence-corrected chi connectivity index (χ1v) is 9.84. The number of imide groups is 1. The zero-order valence-electron chi connectivity index (χ0n) is 17.7. The summed E-state index contributed by atoms with van der Waals surface area (Å²) < 4.78 is 5.48. The molecule has 0 unspecified atom stereocenters. The van der Waals surface area contributed by atoms with E-state index in [1.807, 2.05) is 26.0 Å². The third-order valence-corrected chi connectivity index (χ3v) is 4.77. The molecule has 2 heterocycles. The lowest BCUT2D eigenvalue weighted by Crippen LogP contribution is -2.55. The molecule has 8 heteroatoms. The van der Waals surface area contributed by atoms with E-state index in [2.05, 4.69) is 29.1 Å². The summed E-state index contributed by atoms with van der Waals surface area (Å²) in [7, 11) is 0. The number of hydrogen-bond donors (Lipinski definition) is 3. The number of ether oxygens (including phenoxy) is 1. The molecular formula is C23H27N3O5. The third kappa shape index (κ3) is 5.74. The number of nitrogens with one attached hydrogen (secondary N) is 2. The number of aliphatic hydroxyl groups excluding tert-OH is 1. The smallest absolute Gasteiger partial charge is 0.322 e. The first-order valence-electron chi connectivity index (χ1n) is 9.84. The Labute approximate surface area is 182 Å². The molecule has 164 valence electrons. The Morgan fingerprint density at radius 3 is 2.58 bits per heavy atom. The van der Waals surface area contributed by atoms with Gasteiger partial charge in [0.05, 0.1) is 6.54 Å². The number of benzene rings is 1. The Bertz CT molecular complexity index is 940. The van der Waals surface area contributed by atoms with E-state index in [4.69, 9.17) is 9.84 Å². The average Bonchev–Trinajstić information content (AvgIpc) is 3.20. The quantitative estimate of drug-likeness (QED) is 0.366. The van der Waals surface area contributed by atoms with Crippen molar-refractivity contribution in [1.29, 1.82) is 0 Å². The lowest BCUT2D eigenvalue weighted by molar-refractivity contribution is -0.124. The highest BCUT2D eigenvalue weighted by Crippen LogP contribution is 2.29. The summed E-state index contributed by atoms with van der Waals surface area (Å²) >= 11 is 0. The van der Waals surface area contributed by atoms with E-state index >= 15 is 0 Å². The minimum atomic E-state index is -1.21. The fraction of sp³-hybridized carbons (Fsp3) is 0.348. The van der Waals surface area contributed by atoms with Crippen LogP contribution in [0.2, 0.25) is 0 Å². The molecule has 0 bridgehead atoms. The highest BCUT2D eigenvalue weighted by Gasteiger charge is 2.48. The SMILES string of the molecule is C/C=C\C.C=CC[C@]1(CN2Cc3cc(OCC#CCO)ccc3C2=O)NC(=O)NC1=O. The van der Waals surface area contributed by atoms with Crippen LogP contribution < -0.4 is 15.4 Å². The first-order chi connectivity index (χ1) is 14.9. The number of allylic oxidation sites excluding steroid dienone is 2. The summed E-state index contributed by atoms with van der Waals surface area (Å²) in [5, 5.41) is 13.5. The van der Waals surface area contributed by atoms with Gasteiger partial charge in [0.2, 0.25) is 0 Å². The van der Waals surface area contributed by atoms with Gasteiger partial charge in [-0.2, -0.15) is 0 Å². The lowest BCUT2D eigenvalue weighted by Gasteiger charge is -2.29. The van der Waals surface area contributed by atoms with Crippen LogP contribution in [0.4, 0.5) is 4.79 Å². The van der Waals surface area contributed by atoms with Crippen molar-refractivity contribution in [3.8, 4) is 17.6 Å². The van der Waals surface area contributed by atoms with Crippen LogP contribution in [0.25, 0.3) is 0 Å². The molecule has 4 amide bonds. The molecule has 3 N–H and O–H groups in total. The van der Waals surface area contributed by atoms with Gasteiger partial charge >= 0.3 is 6.03 Å². The second-order valence-corrected chi connectivity index (χ2v) is 6.93. The molecule has 1 saturated heterocycles. The molecule has 0 aliphatic carbocycles. The monoisotopic (exact) mass is 425 g/mol. The van der Waals surface area contributed by atoms with E-state index in [1.165, 1.54) is 11.0 Å². The van der Waals surface area contributed by atoms with Crippen LogP contribution in [0.1, 0.15) is 36.2 Å². The highest BCUT2D eigenvalue weighted by molar-refractivity contribution is 6.08. The summed E-state index contributed by atoms with van der Waals surface area (Å²) in [6.45, 7) is 7.88. The van der Waals surface area contributed by atoms with Crippen LogP contribution in [0.3, 0.4) is 0 Å². The second-order valence-electron chi connectivity index (χ2n) is 6.93. The van der Waals surface area contributed by atoms with Gasteiger partial charge in [-0.15, -0.1) is 6.58 Å². The van der Waals surface area contributed by atoms with E-state index in [9.17, 15) is 14.4 Å². The van der Waals surface area contributed by atoms with Crippen molar-refractivity contribution in [2.45, 2.75) is 32.4 Å². The van der Waals surface area contributed by atoms with E-state index in [1.54, 1.807) is 18.2 Å². The van der Waals surface area contributed by atoms with Crippen molar-refractivity contribution in [2.75, 3.05) is 19.8 Å². The Morgan fingerprint density at radius 2 is 2.00 bits per heavy atom. The molecule has 2 aliphatic heterocycles. The molecule has 31 heavy (non-hydrogen) atoms. The van der Waals surface area contributed by atoms with Gasteiger partial charge in [0.25, 0.3) is 11.8 Å². The predicted octanol–water partition coefficient (Wildman–Crippen LogP) is 1.75. The van der Waals surface area contributed by atoms with Gasteiger partial charge in [0.15, 0.2) is 0 Å². The van der Waals surface area contributed by atoms with Gasteiger partial charge in [-0.25, -0.2) is 4.79 Å². The number of aliphatic hydroxyl groups is 1. The van der Waals surface area contributed by atoms with Gasteiger partial charge in [-0.05, 0) is 44.0 Å². The number of rotatable bonds is 6. The first kappa shape index (κ1) is 23.7. The van der Waals surface area contributed by atoms with Crippen molar-refractivity contribution in [2.24, 2.45) is 0 Å². The number of amides is 4. The van der Waals surface area contributed by atoms with Crippen LogP contribution in [-0.4, -0.2) is 53.1 Å². The number of urea groups is 1. The Morgan fingerprint density at radius 1 is 1.26 bits per heavy atom. The molecule has 1 fully saturated rings. The number of carbonyl (C=O) groups is 3. The second kappa shape index (κ2) is 11.0. The maximum absolute atomic E-state index is 12.7. The van der Waals surface area contributed by atoms with E-state index in [0.29, 0.717) is 17.9 Å². The fourth-order valence-electron chi connectivity index (χ4n) is 3.22. The largest absolute Gasteiger partial charge is 0.481 e. The Balaban J connectivity index is 0.000000785. The van der Waals surface area contributed by atoms with Crippen LogP contribution in [0.15, 0.2) is 43.0 Å². The van der Waals surface area contributed by atoms with E-state index < -0.39 is 17.5 Å². The molecule has 0 spiro atoms. The van der Waals surface area contributed by atoms with Gasteiger partial charge < -0.3 is 20.1 Å². The molecular weight excluding hydrogens is 398 g/mol. The molecule has 8 nitrogen and oxygen atoms in total. The standard InChI is InChI=1S/C19H19N3O5.C4H8/c1-2-7-19(17(25)20-18(26)21-19)12-22-11-13-10-14(27-9-4-3-8-23)5-6-15(13)16(22)24;1-3-4-2/h2,5-6,10,23H,1,7-9,11-12H2,(H2,20,21,25,26);3-4H,1-2H3/b;4-3-/t19-;/m1./s1. The van der Waals surface area contributed by atoms with Crippen LogP contribution in [0, 0.1) is 11.8 Å². The topological polar surface area (TPSA) is 108 Å². The Hall–Kier alpha value is -3.57. The molecule has 0 radical (unpaired) electrons. The molecule has 0 aromatic heterocycles.